The Labute approximate surface area is 215 Å². The highest BCUT2D eigenvalue weighted by Crippen LogP contribution is 2.27. The van der Waals surface area contributed by atoms with Crippen molar-refractivity contribution in [2.24, 2.45) is 7.05 Å². The van der Waals surface area contributed by atoms with Gasteiger partial charge in [-0.3, -0.25) is 24.2 Å². The molecular formula is C27H32N8O2. The quantitative estimate of drug-likeness (QED) is 0.403. The molecule has 37 heavy (non-hydrogen) atoms. The number of amides is 2. The molecule has 0 unspecified atom stereocenters. The third kappa shape index (κ3) is 5.10. The molecule has 2 N–H and O–H groups in total. The highest BCUT2D eigenvalue weighted by molar-refractivity contribution is 6.09. The number of fused-ring (bicyclic) bond motifs is 1. The zero-order chi connectivity index (χ0) is 26.2. The lowest BCUT2D eigenvalue weighted by atomic mass is 10.0. The Bertz CT molecular complexity index is 1470. The van der Waals surface area contributed by atoms with E-state index in [2.05, 4.69) is 44.6 Å². The summed E-state index contributed by atoms with van der Waals surface area (Å²) in [6.07, 6.45) is 11.0. The SMILES string of the molecule is Cc1ncc(C(=O)NCCN2CCCC2(C)C)cc1NC(=O)c1cnn2cc(-c3cnn(C)c3)ccc12. The van der Waals surface area contributed by atoms with Gasteiger partial charge in [0.05, 0.1) is 40.4 Å². The van der Waals surface area contributed by atoms with Crippen molar-refractivity contribution in [3.05, 3.63) is 66.0 Å². The number of hydrogen-bond donors (Lipinski definition) is 2. The molecule has 5 rings (SSSR count). The van der Waals surface area contributed by atoms with E-state index in [1.807, 2.05) is 31.6 Å². The summed E-state index contributed by atoms with van der Waals surface area (Å²) < 4.78 is 3.41. The smallest absolute Gasteiger partial charge is 0.259 e. The number of nitrogens with one attached hydrogen (secondary N) is 2. The van der Waals surface area contributed by atoms with E-state index in [4.69, 9.17) is 0 Å². The molecule has 0 bridgehead atoms. The van der Waals surface area contributed by atoms with E-state index < -0.39 is 0 Å². The Morgan fingerprint density at radius 2 is 1.89 bits per heavy atom. The van der Waals surface area contributed by atoms with Crippen LogP contribution in [0.4, 0.5) is 5.69 Å². The molecule has 0 spiro atoms. The van der Waals surface area contributed by atoms with Gasteiger partial charge in [0.2, 0.25) is 0 Å². The fourth-order valence-corrected chi connectivity index (χ4v) is 4.86. The molecule has 4 aromatic rings. The van der Waals surface area contributed by atoms with Gasteiger partial charge in [-0.2, -0.15) is 10.2 Å². The maximum Gasteiger partial charge on any atom is 0.259 e. The van der Waals surface area contributed by atoms with Crippen LogP contribution in [0.1, 0.15) is 53.1 Å². The molecule has 0 atom stereocenters. The van der Waals surface area contributed by atoms with Crippen molar-refractivity contribution >= 4 is 23.0 Å². The highest BCUT2D eigenvalue weighted by Gasteiger charge is 2.31. The largest absolute Gasteiger partial charge is 0.351 e. The van der Waals surface area contributed by atoms with E-state index in [-0.39, 0.29) is 17.4 Å². The third-order valence-corrected chi connectivity index (χ3v) is 7.14. The number of aryl methyl sites for hydroxylation is 2. The first-order valence-corrected chi connectivity index (χ1v) is 12.5. The average Bonchev–Trinajstić information content (AvgIpc) is 3.58. The van der Waals surface area contributed by atoms with E-state index >= 15 is 0 Å². The first-order chi connectivity index (χ1) is 17.7. The van der Waals surface area contributed by atoms with Crippen LogP contribution in [0.5, 0.6) is 0 Å². The van der Waals surface area contributed by atoms with Crippen LogP contribution in [0.2, 0.25) is 0 Å². The lowest BCUT2D eigenvalue weighted by molar-refractivity contribution is 0.0938. The lowest BCUT2D eigenvalue weighted by Gasteiger charge is -2.31. The van der Waals surface area contributed by atoms with Gasteiger partial charge in [0.25, 0.3) is 11.8 Å². The monoisotopic (exact) mass is 500 g/mol. The summed E-state index contributed by atoms with van der Waals surface area (Å²) in [5, 5.41) is 14.5. The van der Waals surface area contributed by atoms with Gasteiger partial charge in [-0.1, -0.05) is 6.07 Å². The number of aromatic nitrogens is 5. The number of carbonyl (C=O) groups is 2. The lowest BCUT2D eigenvalue weighted by Crippen LogP contribution is -2.43. The molecule has 0 aromatic carbocycles. The normalized spacial score (nSPS) is 15.2. The fourth-order valence-electron chi connectivity index (χ4n) is 4.86. The topological polar surface area (TPSA) is 109 Å². The maximum atomic E-state index is 13.1. The van der Waals surface area contributed by atoms with Gasteiger partial charge in [0.15, 0.2) is 0 Å². The van der Waals surface area contributed by atoms with Crippen molar-refractivity contribution in [2.45, 2.75) is 39.2 Å². The molecule has 0 saturated carbocycles. The molecular weight excluding hydrogens is 468 g/mol. The van der Waals surface area contributed by atoms with Crippen molar-refractivity contribution in [1.82, 2.24) is 34.6 Å². The molecule has 1 saturated heterocycles. The number of carbonyl (C=O) groups excluding carboxylic acids is 2. The van der Waals surface area contributed by atoms with Crippen LogP contribution in [0.25, 0.3) is 16.6 Å². The van der Waals surface area contributed by atoms with Crippen LogP contribution in [-0.2, 0) is 7.05 Å². The van der Waals surface area contributed by atoms with Crippen molar-refractivity contribution < 1.29 is 9.59 Å². The molecule has 4 aromatic heterocycles. The first-order valence-electron chi connectivity index (χ1n) is 12.5. The highest BCUT2D eigenvalue weighted by atomic mass is 16.2. The van der Waals surface area contributed by atoms with Crippen LogP contribution >= 0.6 is 0 Å². The van der Waals surface area contributed by atoms with Crippen LogP contribution in [-0.4, -0.2) is 66.3 Å². The fraction of sp³-hybridized carbons (Fsp3) is 0.370. The van der Waals surface area contributed by atoms with Crippen LogP contribution < -0.4 is 10.6 Å². The summed E-state index contributed by atoms with van der Waals surface area (Å²) in [5.74, 6) is -0.526. The number of anilines is 1. The minimum Gasteiger partial charge on any atom is -0.351 e. The second-order valence-corrected chi connectivity index (χ2v) is 10.2. The summed E-state index contributed by atoms with van der Waals surface area (Å²) in [5.41, 5.74) is 4.71. The molecule has 192 valence electrons. The van der Waals surface area contributed by atoms with Gasteiger partial charge in [-0.15, -0.1) is 0 Å². The van der Waals surface area contributed by atoms with E-state index in [1.165, 1.54) is 25.2 Å². The molecule has 1 aliphatic heterocycles. The number of likely N-dealkylation sites (tertiary alicyclic amines) is 1. The van der Waals surface area contributed by atoms with Gasteiger partial charge in [0.1, 0.15) is 0 Å². The van der Waals surface area contributed by atoms with E-state index in [1.54, 1.807) is 28.4 Å². The maximum absolute atomic E-state index is 13.1. The Morgan fingerprint density at radius 3 is 2.62 bits per heavy atom. The van der Waals surface area contributed by atoms with Crippen LogP contribution in [0.15, 0.2) is 49.2 Å². The number of hydrogen-bond acceptors (Lipinski definition) is 6. The van der Waals surface area contributed by atoms with Gasteiger partial charge in [-0.25, -0.2) is 4.52 Å². The first kappa shape index (κ1) is 24.6. The summed E-state index contributed by atoms with van der Waals surface area (Å²) in [7, 11) is 1.86. The summed E-state index contributed by atoms with van der Waals surface area (Å²) in [6, 6.07) is 5.47. The summed E-state index contributed by atoms with van der Waals surface area (Å²) in [4.78, 5) is 32.7. The summed E-state index contributed by atoms with van der Waals surface area (Å²) >= 11 is 0. The van der Waals surface area contributed by atoms with Crippen molar-refractivity contribution in [1.29, 1.82) is 0 Å². The van der Waals surface area contributed by atoms with Crippen LogP contribution in [0, 0.1) is 6.92 Å². The second kappa shape index (κ2) is 9.78. The predicted octanol–water partition coefficient (Wildman–Crippen LogP) is 3.29. The molecule has 1 aliphatic rings. The second-order valence-electron chi connectivity index (χ2n) is 10.2. The molecule has 5 heterocycles. The van der Waals surface area contributed by atoms with Gasteiger partial charge >= 0.3 is 0 Å². The molecule has 0 radical (unpaired) electrons. The Balaban J connectivity index is 1.27. The Kier molecular flexibility index (Phi) is 6.51. The summed E-state index contributed by atoms with van der Waals surface area (Å²) in [6.45, 7) is 8.69. The van der Waals surface area contributed by atoms with Gasteiger partial charge in [0, 0.05) is 55.4 Å². The molecule has 0 aliphatic carbocycles. The Morgan fingerprint density at radius 1 is 1.05 bits per heavy atom. The van der Waals surface area contributed by atoms with Crippen molar-refractivity contribution in [2.75, 3.05) is 25.0 Å². The zero-order valence-electron chi connectivity index (χ0n) is 21.7. The van der Waals surface area contributed by atoms with Crippen molar-refractivity contribution in [3.8, 4) is 11.1 Å². The zero-order valence-corrected chi connectivity index (χ0v) is 21.7. The van der Waals surface area contributed by atoms with Crippen LogP contribution in [0.3, 0.4) is 0 Å². The molecule has 1 fully saturated rings. The standard InChI is InChI=1S/C27H32N8O2/c1-18-23(12-20(13-29-18)25(36)28-9-11-34-10-5-8-27(34,2)3)32-26(37)22-15-31-35-17-19(6-7-24(22)35)21-14-30-33(4)16-21/h6-7,12-17H,5,8-11H2,1-4H3,(H,28,36)(H,32,37). The van der Waals surface area contributed by atoms with E-state index in [0.29, 0.717) is 34.6 Å². The van der Waals surface area contributed by atoms with Gasteiger partial charge < -0.3 is 10.6 Å². The minimum absolute atomic E-state index is 0.173. The minimum atomic E-state index is -0.317. The molecule has 2 amide bonds. The van der Waals surface area contributed by atoms with Gasteiger partial charge in [-0.05, 0) is 52.3 Å². The molecule has 10 nitrogen and oxygen atoms in total. The number of nitrogens with zero attached hydrogens (tertiary/aromatic N) is 6. The molecule has 10 heteroatoms. The Hall–Kier alpha value is -4.05. The van der Waals surface area contributed by atoms with Crippen molar-refractivity contribution in [3.63, 3.8) is 0 Å². The predicted molar refractivity (Wildman–Crippen MR) is 142 cm³/mol. The number of rotatable bonds is 7. The van der Waals surface area contributed by atoms with E-state index in [0.717, 1.165) is 24.2 Å². The average molecular weight is 501 g/mol. The third-order valence-electron chi connectivity index (χ3n) is 7.14. The number of pyridine rings is 2. The van der Waals surface area contributed by atoms with E-state index in [9.17, 15) is 9.59 Å².